The lowest BCUT2D eigenvalue weighted by atomic mass is 9.85. The molecule has 0 N–H and O–H groups in total. The van der Waals surface area contributed by atoms with E-state index in [9.17, 15) is 19.2 Å². The second-order valence-electron chi connectivity index (χ2n) is 8.24. The molecular formula is C25H23ClN2O4. The number of carbonyl (C=O) groups is 4. The Morgan fingerprint density at radius 2 is 1.47 bits per heavy atom. The van der Waals surface area contributed by atoms with E-state index in [1.54, 1.807) is 24.3 Å². The lowest BCUT2D eigenvalue weighted by Crippen LogP contribution is -2.52. The molecule has 1 aliphatic heterocycles. The Hall–Kier alpha value is -3.25. The van der Waals surface area contributed by atoms with Gasteiger partial charge >= 0.3 is 0 Å². The van der Waals surface area contributed by atoms with Crippen molar-refractivity contribution in [1.82, 2.24) is 10.0 Å². The highest BCUT2D eigenvalue weighted by atomic mass is 35.5. The largest absolute Gasteiger partial charge is 0.292 e. The molecule has 1 aliphatic carbocycles. The summed E-state index contributed by atoms with van der Waals surface area (Å²) in [6.07, 6.45) is 4.64. The molecule has 7 heteroatoms. The van der Waals surface area contributed by atoms with Crippen molar-refractivity contribution in [2.75, 3.05) is 6.54 Å². The Morgan fingerprint density at radius 3 is 2.03 bits per heavy atom. The summed E-state index contributed by atoms with van der Waals surface area (Å²) in [6.45, 7) is 3.42. The first kappa shape index (κ1) is 22.0. The van der Waals surface area contributed by atoms with Gasteiger partial charge in [0.25, 0.3) is 17.7 Å². The molecule has 32 heavy (non-hydrogen) atoms. The van der Waals surface area contributed by atoms with E-state index in [0.29, 0.717) is 23.4 Å². The molecule has 1 fully saturated rings. The highest BCUT2D eigenvalue weighted by Crippen LogP contribution is 2.36. The number of benzene rings is 2. The first-order valence-electron chi connectivity index (χ1n) is 10.5. The van der Waals surface area contributed by atoms with E-state index in [1.807, 2.05) is 32.1 Å². The predicted molar refractivity (Wildman–Crippen MR) is 120 cm³/mol. The number of carbonyl (C=O) groups excluding carboxylic acids is 4. The number of hydrogen-bond acceptors (Lipinski definition) is 4. The van der Waals surface area contributed by atoms with Gasteiger partial charge in [-0.05, 0) is 68.1 Å². The summed E-state index contributed by atoms with van der Waals surface area (Å²) in [7, 11) is 0. The van der Waals surface area contributed by atoms with E-state index in [2.05, 4.69) is 0 Å². The van der Waals surface area contributed by atoms with Crippen LogP contribution in [0.5, 0.6) is 0 Å². The van der Waals surface area contributed by atoms with E-state index in [0.717, 1.165) is 21.1 Å². The van der Waals surface area contributed by atoms with E-state index in [1.165, 1.54) is 12.1 Å². The molecule has 164 valence electrons. The molecule has 0 spiro atoms. The second-order valence-corrected chi connectivity index (χ2v) is 8.67. The van der Waals surface area contributed by atoms with Crippen LogP contribution in [0.25, 0.3) is 0 Å². The number of amides is 3. The summed E-state index contributed by atoms with van der Waals surface area (Å²) in [5.41, 5.74) is 2.63. The number of nitrogens with zero attached hydrogens (tertiary/aromatic N) is 2. The fourth-order valence-electron chi connectivity index (χ4n) is 4.14. The van der Waals surface area contributed by atoms with Gasteiger partial charge < -0.3 is 0 Å². The minimum absolute atomic E-state index is 0.232. The Morgan fingerprint density at radius 1 is 0.906 bits per heavy atom. The van der Waals surface area contributed by atoms with Crippen molar-refractivity contribution in [2.45, 2.75) is 26.7 Å². The van der Waals surface area contributed by atoms with Gasteiger partial charge in [0.05, 0.1) is 11.8 Å². The van der Waals surface area contributed by atoms with Gasteiger partial charge in [0.15, 0.2) is 5.78 Å². The van der Waals surface area contributed by atoms with Crippen LogP contribution in [-0.4, -0.2) is 40.1 Å². The number of rotatable bonds is 5. The molecule has 2 atom stereocenters. The maximum Gasteiger partial charge on any atom is 0.273 e. The summed E-state index contributed by atoms with van der Waals surface area (Å²) >= 11 is 5.94. The molecule has 0 radical (unpaired) electrons. The van der Waals surface area contributed by atoms with Crippen molar-refractivity contribution < 1.29 is 19.2 Å². The first-order chi connectivity index (χ1) is 15.3. The molecule has 0 saturated carbocycles. The minimum Gasteiger partial charge on any atom is -0.292 e. The Balaban J connectivity index is 1.69. The van der Waals surface area contributed by atoms with Crippen LogP contribution in [0.1, 0.15) is 44.7 Å². The van der Waals surface area contributed by atoms with Gasteiger partial charge in [0, 0.05) is 16.1 Å². The highest BCUT2D eigenvalue weighted by Gasteiger charge is 2.51. The number of Topliss-reactive ketones (excluding diaryl/α,β-unsaturated/α-hetero) is 1. The SMILES string of the molecule is Cc1ccc(C(=O)CN(C(=O)c2ccc(Cl)cc2)N2C(=O)[C@@H]3CC=CC[C@H]3C2=O)cc1C. The monoisotopic (exact) mass is 450 g/mol. The number of allylic oxidation sites excluding steroid dienone is 2. The van der Waals surface area contributed by atoms with Crippen LogP contribution in [0.15, 0.2) is 54.6 Å². The van der Waals surface area contributed by atoms with Crippen molar-refractivity contribution in [3.05, 3.63) is 81.9 Å². The van der Waals surface area contributed by atoms with E-state index < -0.39 is 36.1 Å². The zero-order chi connectivity index (χ0) is 23.0. The topological polar surface area (TPSA) is 74.8 Å². The summed E-state index contributed by atoms with van der Waals surface area (Å²) in [6, 6.07) is 11.4. The van der Waals surface area contributed by atoms with Crippen LogP contribution in [-0.2, 0) is 9.59 Å². The standard InChI is InChI=1S/C25H23ClN2O4/c1-15-7-8-18(13-16(15)2)22(29)14-27(23(30)17-9-11-19(26)12-10-17)28-24(31)20-5-3-4-6-21(20)25(28)32/h3-4,7-13,20-21H,5-6,14H2,1-2H3/t20-,21-/m1/s1. The smallest absolute Gasteiger partial charge is 0.273 e. The van der Waals surface area contributed by atoms with Crippen molar-refractivity contribution in [3.63, 3.8) is 0 Å². The molecule has 4 rings (SSSR count). The zero-order valence-electron chi connectivity index (χ0n) is 17.9. The number of halogens is 1. The van der Waals surface area contributed by atoms with Crippen molar-refractivity contribution in [3.8, 4) is 0 Å². The average molecular weight is 451 g/mol. The molecule has 1 heterocycles. The fraction of sp³-hybridized carbons (Fsp3) is 0.280. The molecular weight excluding hydrogens is 428 g/mol. The lowest BCUT2D eigenvalue weighted by Gasteiger charge is -2.30. The summed E-state index contributed by atoms with van der Waals surface area (Å²) in [4.78, 5) is 52.8. The third kappa shape index (κ3) is 3.98. The van der Waals surface area contributed by atoms with Gasteiger partial charge in [-0.2, -0.15) is 5.01 Å². The molecule has 3 amide bonds. The number of hydrazine groups is 1. The molecule has 2 aromatic rings. The summed E-state index contributed by atoms with van der Waals surface area (Å²) < 4.78 is 0. The van der Waals surface area contributed by atoms with E-state index >= 15 is 0 Å². The molecule has 2 aliphatic rings. The molecule has 1 saturated heterocycles. The van der Waals surface area contributed by atoms with Crippen LogP contribution < -0.4 is 0 Å². The van der Waals surface area contributed by atoms with Gasteiger partial charge in [-0.3, -0.25) is 19.2 Å². The molecule has 2 aromatic carbocycles. The lowest BCUT2D eigenvalue weighted by molar-refractivity contribution is -0.154. The van der Waals surface area contributed by atoms with Crippen molar-refractivity contribution >= 4 is 35.1 Å². The molecule has 0 bridgehead atoms. The van der Waals surface area contributed by atoms with Gasteiger partial charge in [-0.15, -0.1) is 0 Å². The van der Waals surface area contributed by atoms with Crippen LogP contribution >= 0.6 is 11.6 Å². The number of aryl methyl sites for hydroxylation is 2. The quantitative estimate of drug-likeness (QED) is 0.389. The Kier molecular flexibility index (Phi) is 5.98. The summed E-state index contributed by atoms with van der Waals surface area (Å²) in [5.74, 6) is -2.87. The van der Waals surface area contributed by atoms with Crippen LogP contribution in [0, 0.1) is 25.7 Å². The minimum atomic E-state index is -0.604. The van der Waals surface area contributed by atoms with E-state index in [4.69, 9.17) is 11.6 Å². The number of imide groups is 1. The van der Waals surface area contributed by atoms with Gasteiger partial charge in [0.2, 0.25) is 0 Å². The van der Waals surface area contributed by atoms with Crippen LogP contribution in [0.4, 0.5) is 0 Å². The second kappa shape index (κ2) is 8.71. The number of hydrogen-bond donors (Lipinski definition) is 0. The fourth-order valence-corrected chi connectivity index (χ4v) is 4.26. The molecule has 0 aromatic heterocycles. The molecule has 6 nitrogen and oxygen atoms in total. The van der Waals surface area contributed by atoms with E-state index in [-0.39, 0.29) is 11.3 Å². The Bertz CT molecular complexity index is 1110. The molecule has 0 unspecified atom stereocenters. The average Bonchev–Trinajstić information content (AvgIpc) is 3.04. The Labute approximate surface area is 191 Å². The predicted octanol–water partition coefficient (Wildman–Crippen LogP) is 4.15. The number of ketones is 1. The maximum absolute atomic E-state index is 13.4. The maximum atomic E-state index is 13.4. The summed E-state index contributed by atoms with van der Waals surface area (Å²) in [5, 5.41) is 2.33. The van der Waals surface area contributed by atoms with Gasteiger partial charge in [0.1, 0.15) is 6.54 Å². The highest BCUT2D eigenvalue weighted by molar-refractivity contribution is 6.30. The van der Waals surface area contributed by atoms with Crippen molar-refractivity contribution in [2.24, 2.45) is 11.8 Å². The van der Waals surface area contributed by atoms with Gasteiger partial charge in [-0.25, -0.2) is 5.01 Å². The van der Waals surface area contributed by atoms with Crippen LogP contribution in [0.2, 0.25) is 5.02 Å². The van der Waals surface area contributed by atoms with Crippen LogP contribution in [0.3, 0.4) is 0 Å². The number of fused-ring (bicyclic) bond motifs is 1. The van der Waals surface area contributed by atoms with Crippen molar-refractivity contribution in [1.29, 1.82) is 0 Å². The zero-order valence-corrected chi connectivity index (χ0v) is 18.6. The third-order valence-electron chi connectivity index (χ3n) is 6.17. The normalized spacial score (nSPS) is 19.8. The third-order valence-corrected chi connectivity index (χ3v) is 6.43. The van der Waals surface area contributed by atoms with Gasteiger partial charge in [-0.1, -0.05) is 35.9 Å². The first-order valence-corrected chi connectivity index (χ1v) is 10.9.